The molecule has 0 aliphatic carbocycles. The van der Waals surface area contributed by atoms with Gasteiger partial charge >= 0.3 is 19.8 Å². The van der Waals surface area contributed by atoms with Crippen molar-refractivity contribution in [3.63, 3.8) is 0 Å². The SMILES string of the molecule is CC/C=C\C/C=C\C/C=C\C/C=C\C/C=C\C/C=C\CCCCCCCCCCCCCCCCCCCCCCCCC(=O)OC(COC(=O)CCCCCCCCCCCCCCCCCCCCCCCC/C=C\C/C=C\C/C=C\C/C=C\CC)COP(=O)(O)OCC[N+](C)(C)C. The standard InChI is InChI=1S/C90H160NO8P/c1-6-8-10-12-14-16-18-20-22-24-26-28-30-32-34-36-38-40-42-43-44-45-46-47-49-51-53-55-57-59-61-63-65-67-69-71-73-75-77-79-81-83-90(93)99-88(87-98-100(94,95)97-85-84-91(3,4)5)86-96-89(92)82-80-78-76-74-72-70-68-66-64-62-60-58-56-54-52-50-48-41-39-37-35-33-31-29-27-25-23-21-19-17-15-13-11-9-7-2/h8-11,14-17,20-23,26-29,32,34,38,40,88H,6-7,12-13,18-19,24-25,30-31,33,35-37,39,41-87H2,1-5H3/p+1/b10-8-,11-9-,16-14-,17-15-,22-20-,23-21-,28-26-,29-27-,34-32-,40-38-. The summed E-state index contributed by atoms with van der Waals surface area (Å²) in [5, 5.41) is 0. The van der Waals surface area contributed by atoms with Gasteiger partial charge in [-0.25, -0.2) is 4.57 Å². The second-order valence-corrected chi connectivity index (χ2v) is 30.9. The van der Waals surface area contributed by atoms with Crippen molar-refractivity contribution in [2.45, 2.75) is 392 Å². The fourth-order valence-corrected chi connectivity index (χ4v) is 12.9. The summed E-state index contributed by atoms with van der Waals surface area (Å²) in [6, 6.07) is 0. The number of unbranched alkanes of at least 4 members (excludes halogenated alkanes) is 44. The van der Waals surface area contributed by atoms with Crippen molar-refractivity contribution in [2.24, 2.45) is 0 Å². The van der Waals surface area contributed by atoms with Crippen molar-refractivity contribution in [2.75, 3.05) is 47.5 Å². The molecule has 0 bridgehead atoms. The third-order valence-electron chi connectivity index (χ3n) is 18.5. The number of phosphoric ester groups is 1. The zero-order chi connectivity index (χ0) is 72.5. The minimum Gasteiger partial charge on any atom is -0.462 e. The smallest absolute Gasteiger partial charge is 0.462 e. The highest BCUT2D eigenvalue weighted by atomic mass is 31.2. The van der Waals surface area contributed by atoms with Crippen LogP contribution in [0.25, 0.3) is 0 Å². The fraction of sp³-hybridized carbons (Fsp3) is 0.756. The van der Waals surface area contributed by atoms with E-state index in [1.54, 1.807) is 0 Å². The molecule has 2 atom stereocenters. The predicted octanol–water partition coefficient (Wildman–Crippen LogP) is 28.5. The number of allylic oxidation sites excluding steroid dienone is 20. The van der Waals surface area contributed by atoms with Gasteiger partial charge in [0.05, 0.1) is 27.7 Å². The monoisotopic (exact) mass is 1420 g/mol. The summed E-state index contributed by atoms with van der Waals surface area (Å²) in [6.07, 6.45) is 115. The van der Waals surface area contributed by atoms with Gasteiger partial charge in [-0.3, -0.25) is 18.6 Å². The topological polar surface area (TPSA) is 108 Å². The first-order chi connectivity index (χ1) is 49.0. The molecule has 0 rings (SSSR count). The summed E-state index contributed by atoms with van der Waals surface area (Å²) < 4.78 is 34.9. The second-order valence-electron chi connectivity index (χ2n) is 29.5. The summed E-state index contributed by atoms with van der Waals surface area (Å²) in [5.41, 5.74) is 0. The molecule has 0 heterocycles. The molecule has 0 amide bonds. The van der Waals surface area contributed by atoms with E-state index < -0.39 is 26.5 Å². The Morgan fingerprint density at radius 2 is 0.540 bits per heavy atom. The van der Waals surface area contributed by atoms with Gasteiger partial charge in [-0.05, 0) is 103 Å². The Balaban J connectivity index is 3.90. The minimum atomic E-state index is -4.40. The molecule has 2 unspecified atom stereocenters. The summed E-state index contributed by atoms with van der Waals surface area (Å²) in [7, 11) is 1.49. The first kappa shape index (κ1) is 96.4. The van der Waals surface area contributed by atoms with Crippen LogP contribution in [0.5, 0.6) is 0 Å². The quantitative estimate of drug-likeness (QED) is 0.0211. The molecule has 1 N–H and O–H groups in total. The van der Waals surface area contributed by atoms with Crippen molar-refractivity contribution < 1.29 is 42.1 Å². The average molecular weight is 1420 g/mol. The molecule has 0 aromatic rings. The molecule has 0 spiro atoms. The molecular formula is C90H161NO8P+. The number of ether oxygens (including phenoxy) is 2. The number of hydrogen-bond donors (Lipinski definition) is 1. The molecule has 0 saturated carbocycles. The van der Waals surface area contributed by atoms with Crippen LogP contribution in [-0.2, 0) is 32.7 Å². The first-order valence-corrected chi connectivity index (χ1v) is 43.8. The van der Waals surface area contributed by atoms with Crippen LogP contribution in [0.1, 0.15) is 386 Å². The van der Waals surface area contributed by atoms with E-state index in [0.717, 1.165) is 96.3 Å². The fourth-order valence-electron chi connectivity index (χ4n) is 12.1. The largest absolute Gasteiger partial charge is 0.472 e. The number of esters is 2. The van der Waals surface area contributed by atoms with Crippen molar-refractivity contribution in [1.29, 1.82) is 0 Å². The Morgan fingerprint density at radius 3 is 0.800 bits per heavy atom. The lowest BCUT2D eigenvalue weighted by atomic mass is 10.0. The van der Waals surface area contributed by atoms with Gasteiger partial charge in [-0.1, -0.05) is 392 Å². The summed E-state index contributed by atoms with van der Waals surface area (Å²) in [5.74, 6) is -0.779. The molecule has 0 aliphatic rings. The van der Waals surface area contributed by atoms with E-state index in [1.807, 2.05) is 21.1 Å². The number of hydrogen-bond acceptors (Lipinski definition) is 7. The van der Waals surface area contributed by atoms with E-state index in [1.165, 1.54) is 257 Å². The molecule has 0 aromatic heterocycles. The van der Waals surface area contributed by atoms with Gasteiger partial charge < -0.3 is 18.9 Å². The van der Waals surface area contributed by atoms with Gasteiger partial charge in [-0.2, -0.15) is 0 Å². The van der Waals surface area contributed by atoms with E-state index >= 15 is 0 Å². The van der Waals surface area contributed by atoms with Crippen LogP contribution in [0, 0.1) is 0 Å². The highest BCUT2D eigenvalue weighted by Gasteiger charge is 2.27. The third-order valence-corrected chi connectivity index (χ3v) is 19.5. The van der Waals surface area contributed by atoms with E-state index in [-0.39, 0.29) is 25.6 Å². The van der Waals surface area contributed by atoms with Crippen molar-refractivity contribution in [3.8, 4) is 0 Å². The van der Waals surface area contributed by atoms with Crippen molar-refractivity contribution >= 4 is 19.8 Å². The van der Waals surface area contributed by atoms with Crippen molar-refractivity contribution in [3.05, 3.63) is 122 Å². The zero-order valence-electron chi connectivity index (χ0n) is 66.2. The zero-order valence-corrected chi connectivity index (χ0v) is 67.1. The van der Waals surface area contributed by atoms with Gasteiger partial charge in [0.25, 0.3) is 0 Å². The van der Waals surface area contributed by atoms with E-state index in [9.17, 15) is 19.0 Å². The third kappa shape index (κ3) is 83.4. The Kier molecular flexibility index (Phi) is 76.7. The lowest BCUT2D eigenvalue weighted by molar-refractivity contribution is -0.870. The maximum absolute atomic E-state index is 12.9. The van der Waals surface area contributed by atoms with Crippen LogP contribution in [0.4, 0.5) is 0 Å². The number of carbonyl (C=O) groups is 2. The molecule has 578 valence electrons. The molecule has 0 fully saturated rings. The Bertz CT molecular complexity index is 2110. The highest BCUT2D eigenvalue weighted by Crippen LogP contribution is 2.43. The number of nitrogens with zero attached hydrogens (tertiary/aromatic N) is 1. The van der Waals surface area contributed by atoms with Gasteiger partial charge in [-0.15, -0.1) is 0 Å². The van der Waals surface area contributed by atoms with Gasteiger partial charge in [0.15, 0.2) is 6.10 Å². The average Bonchev–Trinajstić information content (AvgIpc) is 1.30. The molecule has 9 nitrogen and oxygen atoms in total. The van der Waals surface area contributed by atoms with E-state index in [0.29, 0.717) is 23.9 Å². The van der Waals surface area contributed by atoms with E-state index in [4.69, 9.17) is 18.5 Å². The van der Waals surface area contributed by atoms with Crippen LogP contribution in [0.15, 0.2) is 122 Å². The van der Waals surface area contributed by atoms with Gasteiger partial charge in [0.2, 0.25) is 0 Å². The number of likely N-dealkylation sites (N-methyl/N-ethyl adjacent to an activating group) is 1. The maximum Gasteiger partial charge on any atom is 0.472 e. The Morgan fingerprint density at radius 1 is 0.310 bits per heavy atom. The van der Waals surface area contributed by atoms with Crippen molar-refractivity contribution in [1.82, 2.24) is 0 Å². The molecule has 100 heavy (non-hydrogen) atoms. The molecule has 0 radical (unpaired) electrons. The number of rotatable bonds is 78. The van der Waals surface area contributed by atoms with Gasteiger partial charge in [0.1, 0.15) is 19.8 Å². The molecular weight excluding hydrogens is 1250 g/mol. The number of carbonyl (C=O) groups excluding carboxylic acids is 2. The first-order valence-electron chi connectivity index (χ1n) is 42.3. The number of phosphoric acid groups is 1. The van der Waals surface area contributed by atoms with Crippen LogP contribution < -0.4 is 0 Å². The molecule has 0 aromatic carbocycles. The highest BCUT2D eigenvalue weighted by molar-refractivity contribution is 7.47. The van der Waals surface area contributed by atoms with Crippen LogP contribution in [0.3, 0.4) is 0 Å². The number of quaternary nitrogens is 1. The van der Waals surface area contributed by atoms with Crippen LogP contribution in [0.2, 0.25) is 0 Å². The lowest BCUT2D eigenvalue weighted by Crippen LogP contribution is -2.37. The normalized spacial score (nSPS) is 13.6. The molecule has 0 aliphatic heterocycles. The molecule has 0 saturated heterocycles. The maximum atomic E-state index is 12.9. The summed E-state index contributed by atoms with van der Waals surface area (Å²) in [4.78, 5) is 36.0. The van der Waals surface area contributed by atoms with Gasteiger partial charge in [0, 0.05) is 12.8 Å². The lowest BCUT2D eigenvalue weighted by Gasteiger charge is -2.24. The van der Waals surface area contributed by atoms with E-state index in [2.05, 4.69) is 135 Å². The summed E-state index contributed by atoms with van der Waals surface area (Å²) in [6.45, 7) is 4.26. The molecule has 10 heteroatoms. The summed E-state index contributed by atoms with van der Waals surface area (Å²) >= 11 is 0. The predicted molar refractivity (Wildman–Crippen MR) is 436 cm³/mol. The van der Waals surface area contributed by atoms with Crippen LogP contribution in [-0.4, -0.2) is 74.9 Å². The minimum absolute atomic E-state index is 0.0315. The Labute approximate surface area is 619 Å². The Hall–Kier alpha value is -3.59. The van der Waals surface area contributed by atoms with Crippen LogP contribution >= 0.6 is 7.82 Å². The second kappa shape index (κ2) is 79.5.